The maximum Gasteiger partial charge on any atom is 0.407 e. The van der Waals surface area contributed by atoms with E-state index in [1.165, 1.54) is 16.7 Å². The van der Waals surface area contributed by atoms with Crippen molar-refractivity contribution in [1.82, 2.24) is 10.6 Å². The molecule has 1 aliphatic carbocycles. The fourth-order valence-electron chi connectivity index (χ4n) is 5.93. The van der Waals surface area contributed by atoms with Gasteiger partial charge in [0, 0.05) is 37.3 Å². The van der Waals surface area contributed by atoms with E-state index in [2.05, 4.69) is 65.1 Å². The highest BCUT2D eigenvalue weighted by atomic mass is 16.6. The van der Waals surface area contributed by atoms with Crippen molar-refractivity contribution in [1.29, 1.82) is 0 Å². The zero-order valence-corrected chi connectivity index (χ0v) is 28.9. The van der Waals surface area contributed by atoms with Crippen molar-refractivity contribution in [3.05, 3.63) is 89.0 Å². The van der Waals surface area contributed by atoms with Crippen LogP contribution in [0.2, 0.25) is 0 Å². The average Bonchev–Trinajstić information content (AvgIpc) is 3.04. The predicted molar refractivity (Wildman–Crippen MR) is 190 cm³/mol. The van der Waals surface area contributed by atoms with Crippen LogP contribution in [-0.2, 0) is 20.7 Å². The van der Waals surface area contributed by atoms with Gasteiger partial charge in [0.15, 0.2) is 0 Å². The van der Waals surface area contributed by atoms with Gasteiger partial charge in [0.25, 0.3) is 0 Å². The smallest absolute Gasteiger partial charge is 0.407 e. The standard InChI is InChI=1S/C39H50N4O4/c1-25-8-9-26(2)34(22-25)31-14-10-28(11-15-31)23-35(37(45)42-33-20-18-30(19-21-33)27(3)40-7)43-36(44)32-16-12-29(13-17-32)24-41-38(46)47-39(4,5)6/h8-11,14-15,18-22,29,32,35H,12-13,16-17,23-24H2,1-7H3,(H,41,46)(H,42,45)(H,43,44)/t29?,32?,35-/m0/s1. The first-order valence-corrected chi connectivity index (χ1v) is 16.6. The van der Waals surface area contributed by atoms with Crippen molar-refractivity contribution in [2.45, 2.75) is 85.3 Å². The quantitative estimate of drug-likeness (QED) is 0.201. The molecule has 3 amide bonds. The van der Waals surface area contributed by atoms with Gasteiger partial charge in [-0.25, -0.2) is 4.79 Å². The molecule has 0 heterocycles. The minimum atomic E-state index is -0.751. The first-order valence-electron chi connectivity index (χ1n) is 16.6. The molecule has 1 aliphatic rings. The van der Waals surface area contributed by atoms with E-state index in [0.717, 1.165) is 35.2 Å². The molecule has 0 unspecified atom stereocenters. The number of aryl methyl sites for hydroxylation is 2. The second kappa shape index (κ2) is 15.9. The number of carbonyl (C=O) groups excluding carboxylic acids is 3. The van der Waals surface area contributed by atoms with E-state index >= 15 is 0 Å². The van der Waals surface area contributed by atoms with Crippen molar-refractivity contribution in [2.75, 3.05) is 18.9 Å². The molecule has 1 atom stereocenters. The summed E-state index contributed by atoms with van der Waals surface area (Å²) in [4.78, 5) is 43.5. The van der Waals surface area contributed by atoms with Crippen LogP contribution in [0.5, 0.6) is 0 Å². The molecule has 3 aromatic rings. The molecule has 0 aliphatic heterocycles. The van der Waals surface area contributed by atoms with Gasteiger partial charge in [-0.1, -0.05) is 60.2 Å². The van der Waals surface area contributed by atoms with Gasteiger partial charge >= 0.3 is 6.09 Å². The molecule has 1 fully saturated rings. The number of nitrogens with zero attached hydrogens (tertiary/aromatic N) is 1. The zero-order chi connectivity index (χ0) is 34.1. The van der Waals surface area contributed by atoms with Crippen molar-refractivity contribution < 1.29 is 19.1 Å². The van der Waals surface area contributed by atoms with E-state index in [-0.39, 0.29) is 23.7 Å². The van der Waals surface area contributed by atoms with Crippen LogP contribution in [0, 0.1) is 25.7 Å². The Morgan fingerprint density at radius 1 is 0.915 bits per heavy atom. The zero-order valence-electron chi connectivity index (χ0n) is 28.9. The van der Waals surface area contributed by atoms with Gasteiger partial charge in [0.05, 0.1) is 0 Å². The molecule has 8 nitrogen and oxygen atoms in total. The summed E-state index contributed by atoms with van der Waals surface area (Å²) >= 11 is 0. The summed E-state index contributed by atoms with van der Waals surface area (Å²) in [6.07, 6.45) is 2.97. The molecule has 3 aromatic carbocycles. The van der Waals surface area contributed by atoms with E-state index in [4.69, 9.17) is 4.74 Å². The van der Waals surface area contributed by atoms with E-state index in [9.17, 15) is 14.4 Å². The molecule has 0 radical (unpaired) electrons. The summed E-state index contributed by atoms with van der Waals surface area (Å²) in [6, 6.07) is 21.5. The molecule has 47 heavy (non-hydrogen) atoms. The number of rotatable bonds is 10. The predicted octanol–water partition coefficient (Wildman–Crippen LogP) is 7.41. The molecule has 0 saturated heterocycles. The largest absolute Gasteiger partial charge is 0.444 e. The van der Waals surface area contributed by atoms with Crippen LogP contribution in [0.15, 0.2) is 71.7 Å². The number of amides is 3. The third kappa shape index (κ3) is 10.5. The van der Waals surface area contributed by atoms with Gasteiger partial charge in [-0.15, -0.1) is 0 Å². The maximum absolute atomic E-state index is 13.7. The molecule has 3 N–H and O–H groups in total. The lowest BCUT2D eigenvalue weighted by Crippen LogP contribution is -2.48. The highest BCUT2D eigenvalue weighted by Gasteiger charge is 2.30. The van der Waals surface area contributed by atoms with Crippen LogP contribution < -0.4 is 16.0 Å². The van der Waals surface area contributed by atoms with Crippen LogP contribution in [0.1, 0.15) is 75.6 Å². The molecule has 4 rings (SSSR count). The third-order valence-electron chi connectivity index (χ3n) is 8.79. The van der Waals surface area contributed by atoms with E-state index in [1.54, 1.807) is 7.05 Å². The molecule has 1 saturated carbocycles. The lowest BCUT2D eigenvalue weighted by atomic mass is 9.81. The number of hydrogen-bond acceptors (Lipinski definition) is 5. The Morgan fingerprint density at radius 3 is 2.19 bits per heavy atom. The summed E-state index contributed by atoms with van der Waals surface area (Å²) in [5, 5.41) is 8.96. The third-order valence-corrected chi connectivity index (χ3v) is 8.79. The van der Waals surface area contributed by atoms with E-state index in [1.807, 2.05) is 64.1 Å². The first kappa shape index (κ1) is 35.4. The minimum Gasteiger partial charge on any atom is -0.444 e. The van der Waals surface area contributed by atoms with E-state index in [0.29, 0.717) is 31.5 Å². The van der Waals surface area contributed by atoms with Crippen LogP contribution in [0.25, 0.3) is 11.1 Å². The highest BCUT2D eigenvalue weighted by molar-refractivity contribution is 6.00. The number of alkyl carbamates (subject to hydrolysis) is 1. The normalized spacial score (nSPS) is 17.4. The monoisotopic (exact) mass is 638 g/mol. The number of ether oxygens (including phenoxy) is 1. The first-order chi connectivity index (χ1) is 22.3. The topological polar surface area (TPSA) is 109 Å². The lowest BCUT2D eigenvalue weighted by molar-refractivity contribution is -0.130. The number of hydrogen-bond donors (Lipinski definition) is 3. The molecule has 0 aromatic heterocycles. The van der Waals surface area contributed by atoms with Crippen molar-refractivity contribution >= 4 is 29.3 Å². The second-order valence-corrected chi connectivity index (χ2v) is 13.8. The van der Waals surface area contributed by atoms with Gasteiger partial charge in [-0.3, -0.25) is 14.6 Å². The Labute approximate surface area is 279 Å². The number of carbonyl (C=O) groups is 3. The maximum atomic E-state index is 13.7. The fraction of sp³-hybridized carbons (Fsp3) is 0.436. The number of benzene rings is 3. The number of aliphatic imine (C=N–C) groups is 1. The van der Waals surface area contributed by atoms with Crippen LogP contribution in [0.4, 0.5) is 10.5 Å². The molecular weight excluding hydrogens is 588 g/mol. The van der Waals surface area contributed by atoms with Gasteiger partial charge in [0.1, 0.15) is 11.6 Å². The molecule has 8 heteroatoms. The van der Waals surface area contributed by atoms with Gasteiger partial charge < -0.3 is 20.7 Å². The Hall–Kier alpha value is -4.46. The summed E-state index contributed by atoms with van der Waals surface area (Å²) in [7, 11) is 1.75. The Bertz CT molecular complexity index is 1560. The van der Waals surface area contributed by atoms with Crippen molar-refractivity contribution in [2.24, 2.45) is 16.8 Å². The minimum absolute atomic E-state index is 0.110. The lowest BCUT2D eigenvalue weighted by Gasteiger charge is -2.29. The summed E-state index contributed by atoms with van der Waals surface area (Å²) < 4.78 is 5.35. The molecule has 0 bridgehead atoms. The average molecular weight is 639 g/mol. The van der Waals surface area contributed by atoms with Gasteiger partial charge in [-0.05, 0) is 113 Å². The fourth-order valence-corrected chi connectivity index (χ4v) is 5.93. The number of anilines is 1. The SMILES string of the molecule is CN=C(C)c1ccc(NC(=O)[C@H](Cc2ccc(-c3cc(C)ccc3C)cc2)NC(=O)C2CCC(CNC(=O)OC(C)(C)C)CC2)cc1. The van der Waals surface area contributed by atoms with Crippen LogP contribution in [-0.4, -0.2) is 48.9 Å². The second-order valence-electron chi connectivity index (χ2n) is 13.8. The Morgan fingerprint density at radius 2 is 1.57 bits per heavy atom. The van der Waals surface area contributed by atoms with Gasteiger partial charge in [0.2, 0.25) is 11.8 Å². The van der Waals surface area contributed by atoms with Crippen molar-refractivity contribution in [3.63, 3.8) is 0 Å². The van der Waals surface area contributed by atoms with E-state index < -0.39 is 17.7 Å². The summed E-state index contributed by atoms with van der Waals surface area (Å²) in [5.41, 5.74) is 7.67. The Kier molecular flexibility index (Phi) is 12.0. The highest BCUT2D eigenvalue weighted by Crippen LogP contribution is 2.29. The van der Waals surface area contributed by atoms with Crippen molar-refractivity contribution in [3.8, 4) is 11.1 Å². The summed E-state index contributed by atoms with van der Waals surface area (Å²) in [6.45, 7) is 12.2. The van der Waals surface area contributed by atoms with Gasteiger partial charge in [-0.2, -0.15) is 0 Å². The Balaban J connectivity index is 1.43. The molecule has 250 valence electrons. The van der Waals surface area contributed by atoms with Crippen LogP contribution in [0.3, 0.4) is 0 Å². The summed E-state index contributed by atoms with van der Waals surface area (Å²) in [5.74, 6) is -0.280. The number of nitrogens with one attached hydrogen (secondary N) is 3. The molecular formula is C39H50N4O4. The van der Waals surface area contributed by atoms with Crippen LogP contribution >= 0.6 is 0 Å². The molecule has 0 spiro atoms.